The van der Waals surface area contributed by atoms with Gasteiger partial charge >= 0.3 is 0 Å². The van der Waals surface area contributed by atoms with E-state index in [2.05, 4.69) is 42.8 Å². The molecule has 3 aliphatic rings. The Kier molecular flexibility index (Phi) is 8.22. The maximum absolute atomic E-state index is 15.0. The number of fused-ring (bicyclic) bond motifs is 1. The Bertz CT molecular complexity index is 1270. The molecule has 1 unspecified atom stereocenters. The Hall–Kier alpha value is -3.71. The number of hydrogen-bond donors (Lipinski definition) is 4. The van der Waals surface area contributed by atoms with Crippen LogP contribution in [-0.2, 0) is 17.8 Å². The number of carbonyl (C=O) groups is 2. The summed E-state index contributed by atoms with van der Waals surface area (Å²) in [5.74, 6) is -4.64. The highest BCUT2D eigenvalue weighted by Gasteiger charge is 2.48. The minimum absolute atomic E-state index is 0.00823. The number of oxime groups is 1. The Morgan fingerprint density at radius 3 is 2.65 bits per heavy atom. The number of β-amino-alcohol motifs (C(OH)–C–C–N with tert-alkyl or cyclic N) is 1. The number of piperidine rings is 1. The predicted molar refractivity (Wildman–Crippen MR) is 141 cm³/mol. The largest absolute Gasteiger partial charge is 0.410 e. The molecule has 40 heavy (non-hydrogen) atoms. The molecule has 2 fully saturated rings. The van der Waals surface area contributed by atoms with Crippen molar-refractivity contribution in [1.82, 2.24) is 25.1 Å². The van der Waals surface area contributed by atoms with Crippen LogP contribution in [0.4, 0.5) is 14.6 Å². The summed E-state index contributed by atoms with van der Waals surface area (Å²) < 4.78 is 30.0. The number of aliphatic hydroxyl groups is 1. The molecule has 5 rings (SSSR count). The lowest BCUT2D eigenvalue weighted by Gasteiger charge is -2.38. The van der Waals surface area contributed by atoms with Gasteiger partial charge in [0.2, 0.25) is 0 Å². The average molecular weight is 558 g/mol. The van der Waals surface area contributed by atoms with Crippen LogP contribution in [-0.4, -0.2) is 98.4 Å². The molecule has 1 saturated heterocycles. The molecule has 3 heterocycles. The predicted octanol–water partition coefficient (Wildman–Crippen LogP) is 1.51. The first-order valence-electron chi connectivity index (χ1n) is 13.5. The van der Waals surface area contributed by atoms with Crippen molar-refractivity contribution >= 4 is 23.3 Å². The summed E-state index contributed by atoms with van der Waals surface area (Å²) in [4.78, 5) is 36.3. The van der Waals surface area contributed by atoms with Crippen molar-refractivity contribution in [3.05, 3.63) is 53.5 Å². The van der Waals surface area contributed by atoms with E-state index in [1.54, 1.807) is 0 Å². The second kappa shape index (κ2) is 11.8. The number of amides is 2. The van der Waals surface area contributed by atoms with E-state index in [1.165, 1.54) is 17.2 Å². The number of halogens is 2. The second-order valence-corrected chi connectivity index (χ2v) is 10.6. The highest BCUT2D eigenvalue weighted by molar-refractivity contribution is 6.40. The van der Waals surface area contributed by atoms with Crippen LogP contribution in [0.25, 0.3) is 0 Å². The van der Waals surface area contributed by atoms with Crippen molar-refractivity contribution in [2.75, 3.05) is 38.0 Å². The number of aliphatic hydroxyl groups excluding tert-OH is 1. The van der Waals surface area contributed by atoms with E-state index in [4.69, 9.17) is 5.21 Å². The normalized spacial score (nSPS) is 21.8. The van der Waals surface area contributed by atoms with Gasteiger partial charge in [-0.1, -0.05) is 29.4 Å². The summed E-state index contributed by atoms with van der Waals surface area (Å²) >= 11 is 0. The van der Waals surface area contributed by atoms with Gasteiger partial charge in [0.15, 0.2) is 0 Å². The zero-order valence-corrected chi connectivity index (χ0v) is 22.0. The van der Waals surface area contributed by atoms with Crippen LogP contribution in [0.5, 0.6) is 0 Å². The molecule has 4 N–H and O–H groups in total. The molecular weight excluding hydrogens is 524 g/mol. The molecule has 0 bridgehead atoms. The summed E-state index contributed by atoms with van der Waals surface area (Å²) in [6.07, 6.45) is 2.55. The van der Waals surface area contributed by atoms with Crippen molar-refractivity contribution in [3.63, 3.8) is 0 Å². The fraction of sp³-hybridized carbons (Fsp3) is 0.519. The zero-order valence-electron chi connectivity index (χ0n) is 22.0. The number of aromatic nitrogens is 2. The number of benzene rings is 1. The maximum atomic E-state index is 15.0. The lowest BCUT2D eigenvalue weighted by Crippen LogP contribution is -2.57. The Balaban J connectivity index is 1.11. The standard InChI is InChI=1S/C27H33F2N7O4/c28-27(29)15-36(26(39)24(34-40)18-5-6-18)10-8-22(27)33-23-11-21(31-16-32-23)25(38)30-12-20(37)14-35-9-7-17-3-1-2-4-19(17)13-35/h1-4,11,16,18,20,22,37,40H,5-10,12-15H2,(H,30,38)(H,31,32,33)/t20-,22?/m0/s1. The van der Waals surface area contributed by atoms with Crippen LogP contribution in [0.1, 0.15) is 40.9 Å². The lowest BCUT2D eigenvalue weighted by molar-refractivity contribution is -0.136. The monoisotopic (exact) mass is 557 g/mol. The van der Waals surface area contributed by atoms with Gasteiger partial charge in [0, 0.05) is 44.7 Å². The van der Waals surface area contributed by atoms with Crippen LogP contribution < -0.4 is 10.6 Å². The Labute approximate surface area is 230 Å². The summed E-state index contributed by atoms with van der Waals surface area (Å²) in [5, 5.41) is 28.0. The minimum Gasteiger partial charge on any atom is -0.410 e. The molecule has 2 atom stereocenters. The van der Waals surface area contributed by atoms with Crippen molar-refractivity contribution in [3.8, 4) is 0 Å². The van der Waals surface area contributed by atoms with Gasteiger partial charge in [-0.25, -0.2) is 18.7 Å². The lowest BCUT2D eigenvalue weighted by atomic mass is 9.99. The fourth-order valence-corrected chi connectivity index (χ4v) is 5.22. The molecule has 11 nitrogen and oxygen atoms in total. The summed E-state index contributed by atoms with van der Waals surface area (Å²) in [7, 11) is 0. The Morgan fingerprint density at radius 1 is 1.15 bits per heavy atom. The van der Waals surface area contributed by atoms with Gasteiger partial charge in [-0.15, -0.1) is 0 Å². The van der Waals surface area contributed by atoms with E-state index >= 15 is 0 Å². The molecule has 13 heteroatoms. The molecular formula is C27H33F2N7O4. The van der Waals surface area contributed by atoms with Gasteiger partial charge in [-0.2, -0.15) is 0 Å². The fourth-order valence-electron chi connectivity index (χ4n) is 5.22. The highest BCUT2D eigenvalue weighted by atomic mass is 19.3. The van der Waals surface area contributed by atoms with E-state index in [-0.39, 0.29) is 42.7 Å². The van der Waals surface area contributed by atoms with Crippen molar-refractivity contribution in [1.29, 1.82) is 0 Å². The summed E-state index contributed by atoms with van der Waals surface area (Å²) in [5.41, 5.74) is 2.45. The van der Waals surface area contributed by atoms with Crippen molar-refractivity contribution < 1.29 is 28.7 Å². The van der Waals surface area contributed by atoms with E-state index in [0.717, 1.165) is 30.7 Å². The number of nitrogens with one attached hydrogen (secondary N) is 2. The number of hydrogen-bond acceptors (Lipinski definition) is 9. The average Bonchev–Trinajstić information content (AvgIpc) is 3.78. The number of rotatable bonds is 9. The summed E-state index contributed by atoms with van der Waals surface area (Å²) in [6, 6.07) is 8.15. The number of carbonyl (C=O) groups excluding carboxylic acids is 2. The van der Waals surface area contributed by atoms with E-state index in [9.17, 15) is 23.5 Å². The van der Waals surface area contributed by atoms with Crippen LogP contribution in [0.2, 0.25) is 0 Å². The van der Waals surface area contributed by atoms with Gasteiger partial charge in [-0.3, -0.25) is 14.5 Å². The first-order valence-corrected chi connectivity index (χ1v) is 13.5. The number of nitrogens with zero attached hydrogens (tertiary/aromatic N) is 5. The third-order valence-electron chi connectivity index (χ3n) is 7.58. The van der Waals surface area contributed by atoms with Crippen LogP contribution in [0.15, 0.2) is 41.8 Å². The van der Waals surface area contributed by atoms with Gasteiger partial charge in [0.05, 0.1) is 18.7 Å². The number of likely N-dealkylation sites (tertiary alicyclic amines) is 1. The first kappa shape index (κ1) is 27.8. The molecule has 1 aromatic carbocycles. The SMILES string of the molecule is O=C(NC[C@H](O)CN1CCc2ccccc2C1)c1cc(NC2CCN(C(=O)C(=NO)C3CC3)CC2(F)F)ncn1. The van der Waals surface area contributed by atoms with Crippen LogP contribution in [0, 0.1) is 5.92 Å². The number of anilines is 1. The molecule has 0 spiro atoms. The molecule has 1 aliphatic carbocycles. The van der Waals surface area contributed by atoms with Crippen molar-refractivity contribution in [2.45, 2.75) is 50.3 Å². The molecule has 0 radical (unpaired) electrons. The maximum Gasteiger partial charge on any atom is 0.285 e. The van der Waals surface area contributed by atoms with E-state index in [1.807, 2.05) is 12.1 Å². The molecule has 214 valence electrons. The Morgan fingerprint density at radius 2 is 1.93 bits per heavy atom. The smallest absolute Gasteiger partial charge is 0.285 e. The third kappa shape index (κ3) is 6.53. The second-order valence-electron chi connectivity index (χ2n) is 10.6. The van der Waals surface area contributed by atoms with Crippen LogP contribution in [0.3, 0.4) is 0 Å². The van der Waals surface area contributed by atoms with Crippen molar-refractivity contribution in [2.24, 2.45) is 11.1 Å². The topological polar surface area (TPSA) is 143 Å². The first-order chi connectivity index (χ1) is 19.2. The molecule has 2 aromatic rings. The summed E-state index contributed by atoms with van der Waals surface area (Å²) in [6.45, 7) is 1.18. The van der Waals surface area contributed by atoms with E-state index in [0.29, 0.717) is 19.4 Å². The molecule has 1 aromatic heterocycles. The van der Waals surface area contributed by atoms with E-state index < -0.39 is 36.4 Å². The van der Waals surface area contributed by atoms with Gasteiger partial charge in [0.1, 0.15) is 23.6 Å². The van der Waals surface area contributed by atoms with Gasteiger partial charge in [0.25, 0.3) is 17.7 Å². The molecule has 2 aliphatic heterocycles. The third-order valence-corrected chi connectivity index (χ3v) is 7.58. The van der Waals surface area contributed by atoms with Gasteiger partial charge < -0.3 is 25.8 Å². The highest BCUT2D eigenvalue weighted by Crippen LogP contribution is 2.34. The minimum atomic E-state index is -3.29. The molecule has 2 amide bonds. The number of alkyl halides is 2. The zero-order chi connectivity index (χ0) is 28.3. The molecule has 1 saturated carbocycles. The van der Waals surface area contributed by atoms with Crippen LogP contribution >= 0.6 is 0 Å². The van der Waals surface area contributed by atoms with Gasteiger partial charge in [-0.05, 0) is 36.8 Å². The quantitative estimate of drug-likeness (QED) is 0.207.